The van der Waals surface area contributed by atoms with Crippen LogP contribution in [0.25, 0.3) is 11.0 Å². The van der Waals surface area contributed by atoms with Crippen molar-refractivity contribution in [2.24, 2.45) is 0 Å². The summed E-state index contributed by atoms with van der Waals surface area (Å²) in [7, 11) is 1.95. The molecule has 0 aliphatic rings. The number of furan rings is 1. The smallest absolute Gasteiger partial charge is 0.148 e. The highest BCUT2D eigenvalue weighted by Gasteiger charge is 2.12. The van der Waals surface area contributed by atoms with Crippen LogP contribution in [0.2, 0.25) is 0 Å². The molecule has 1 atom stereocenters. The summed E-state index contributed by atoms with van der Waals surface area (Å²) in [5.74, 6) is 0. The molecule has 1 aromatic carbocycles. The van der Waals surface area contributed by atoms with Crippen LogP contribution in [0.5, 0.6) is 0 Å². The van der Waals surface area contributed by atoms with Crippen LogP contribution in [-0.2, 0) is 0 Å². The normalized spacial score (nSPS) is 13.4. The number of hydrogen-bond donors (Lipinski definition) is 1. The summed E-state index contributed by atoms with van der Waals surface area (Å²) in [6.45, 7) is 2.12. The van der Waals surface area contributed by atoms with E-state index in [0.717, 1.165) is 10.1 Å². The van der Waals surface area contributed by atoms with Crippen molar-refractivity contribution in [2.45, 2.75) is 13.0 Å². The molecule has 2 aromatic rings. The van der Waals surface area contributed by atoms with Crippen molar-refractivity contribution in [3.05, 3.63) is 34.5 Å². The highest BCUT2D eigenvalue weighted by Crippen LogP contribution is 2.30. The first kappa shape index (κ1) is 9.74. The minimum atomic E-state index is 0.311. The zero-order chi connectivity index (χ0) is 10.1. The summed E-state index contributed by atoms with van der Waals surface area (Å²) in [6.07, 6.45) is 1.82. The van der Waals surface area contributed by atoms with Crippen molar-refractivity contribution in [2.75, 3.05) is 7.05 Å². The van der Waals surface area contributed by atoms with Crippen molar-refractivity contribution in [3.8, 4) is 0 Å². The van der Waals surface area contributed by atoms with Crippen LogP contribution in [0.4, 0.5) is 0 Å². The van der Waals surface area contributed by atoms with Gasteiger partial charge in [0, 0.05) is 17.0 Å². The molecule has 3 heteroatoms. The quantitative estimate of drug-likeness (QED) is 0.887. The molecule has 0 aliphatic carbocycles. The van der Waals surface area contributed by atoms with Gasteiger partial charge in [-0.3, -0.25) is 0 Å². The number of nitrogens with one attached hydrogen (secondary N) is 1. The topological polar surface area (TPSA) is 25.2 Å². The molecule has 1 unspecified atom stereocenters. The third kappa shape index (κ3) is 1.47. The van der Waals surface area contributed by atoms with E-state index in [1.165, 1.54) is 10.9 Å². The summed E-state index contributed by atoms with van der Waals surface area (Å²) in [5.41, 5.74) is 2.12. The molecule has 0 radical (unpaired) electrons. The third-order valence-corrected chi connectivity index (χ3v) is 3.11. The van der Waals surface area contributed by atoms with Crippen LogP contribution in [-0.4, -0.2) is 7.05 Å². The van der Waals surface area contributed by atoms with E-state index in [0.29, 0.717) is 6.04 Å². The van der Waals surface area contributed by atoms with E-state index >= 15 is 0 Å². The second-order valence-electron chi connectivity index (χ2n) is 3.32. The summed E-state index contributed by atoms with van der Waals surface area (Å²) in [6, 6.07) is 6.39. The Balaban J connectivity index is 2.63. The molecule has 1 N–H and O–H groups in total. The fourth-order valence-corrected chi connectivity index (χ4v) is 1.99. The zero-order valence-corrected chi connectivity index (χ0v) is 9.76. The van der Waals surface area contributed by atoms with E-state index in [2.05, 4.69) is 34.2 Å². The first-order chi connectivity index (χ1) is 6.74. The van der Waals surface area contributed by atoms with Crippen molar-refractivity contribution in [3.63, 3.8) is 0 Å². The molecule has 0 spiro atoms. The van der Waals surface area contributed by atoms with Gasteiger partial charge < -0.3 is 9.73 Å². The third-order valence-electron chi connectivity index (χ3n) is 2.48. The number of halogens is 1. The Labute approximate surface area is 91.4 Å². The SMILES string of the molecule is CNC(C)c1coc2c(Br)cccc12. The van der Waals surface area contributed by atoms with E-state index in [1.807, 2.05) is 25.4 Å². The predicted octanol–water partition coefficient (Wildman–Crippen LogP) is 3.48. The summed E-state index contributed by atoms with van der Waals surface area (Å²) < 4.78 is 6.52. The Hall–Kier alpha value is -0.800. The van der Waals surface area contributed by atoms with E-state index < -0.39 is 0 Å². The molecule has 74 valence electrons. The van der Waals surface area contributed by atoms with Crippen LogP contribution < -0.4 is 5.32 Å². The number of rotatable bonds is 2. The molecule has 0 bridgehead atoms. The molecule has 0 aliphatic heterocycles. The van der Waals surface area contributed by atoms with Crippen LogP contribution >= 0.6 is 15.9 Å². The second kappa shape index (κ2) is 3.75. The summed E-state index contributed by atoms with van der Waals surface area (Å²) >= 11 is 3.47. The summed E-state index contributed by atoms with van der Waals surface area (Å²) in [4.78, 5) is 0. The van der Waals surface area contributed by atoms with E-state index in [-0.39, 0.29) is 0 Å². The van der Waals surface area contributed by atoms with Gasteiger partial charge in [-0.15, -0.1) is 0 Å². The van der Waals surface area contributed by atoms with Gasteiger partial charge in [0.05, 0.1) is 10.7 Å². The van der Waals surface area contributed by atoms with Gasteiger partial charge in [0.15, 0.2) is 0 Å². The first-order valence-electron chi connectivity index (χ1n) is 4.57. The lowest BCUT2D eigenvalue weighted by Gasteiger charge is -2.07. The Morgan fingerprint density at radius 1 is 1.43 bits per heavy atom. The second-order valence-corrected chi connectivity index (χ2v) is 4.17. The molecule has 2 nitrogen and oxygen atoms in total. The molecular weight excluding hydrogens is 242 g/mol. The summed E-state index contributed by atoms with van der Waals surface area (Å²) in [5, 5.41) is 4.37. The Bertz CT molecular complexity index is 449. The molecule has 0 saturated carbocycles. The highest BCUT2D eigenvalue weighted by atomic mass is 79.9. The Kier molecular flexibility index (Phi) is 2.61. The lowest BCUT2D eigenvalue weighted by atomic mass is 10.1. The van der Waals surface area contributed by atoms with Crippen molar-refractivity contribution < 1.29 is 4.42 Å². The largest absolute Gasteiger partial charge is 0.463 e. The fourth-order valence-electron chi connectivity index (χ4n) is 1.53. The van der Waals surface area contributed by atoms with E-state index in [4.69, 9.17) is 4.42 Å². The van der Waals surface area contributed by atoms with Gasteiger partial charge in [-0.25, -0.2) is 0 Å². The predicted molar refractivity (Wildman–Crippen MR) is 61.4 cm³/mol. The first-order valence-corrected chi connectivity index (χ1v) is 5.36. The average Bonchev–Trinajstić information content (AvgIpc) is 2.62. The van der Waals surface area contributed by atoms with Crippen molar-refractivity contribution >= 4 is 26.9 Å². The fraction of sp³-hybridized carbons (Fsp3) is 0.273. The Morgan fingerprint density at radius 3 is 2.93 bits per heavy atom. The number of fused-ring (bicyclic) bond motifs is 1. The maximum Gasteiger partial charge on any atom is 0.148 e. The standard InChI is InChI=1S/C11H12BrNO/c1-7(13-2)9-6-14-11-8(9)4-3-5-10(11)12/h3-7,13H,1-2H3. The molecule has 2 rings (SSSR count). The van der Waals surface area contributed by atoms with Crippen LogP contribution in [0, 0.1) is 0 Å². The number of hydrogen-bond acceptors (Lipinski definition) is 2. The lowest BCUT2D eigenvalue weighted by Crippen LogP contribution is -2.11. The van der Waals surface area contributed by atoms with E-state index in [9.17, 15) is 0 Å². The average molecular weight is 254 g/mol. The van der Waals surface area contributed by atoms with Gasteiger partial charge in [0.2, 0.25) is 0 Å². The molecule has 14 heavy (non-hydrogen) atoms. The minimum absolute atomic E-state index is 0.311. The number of para-hydroxylation sites is 1. The van der Waals surface area contributed by atoms with Crippen LogP contribution in [0.3, 0.4) is 0 Å². The minimum Gasteiger partial charge on any atom is -0.463 e. The molecule has 1 heterocycles. The molecule has 0 amide bonds. The van der Waals surface area contributed by atoms with Gasteiger partial charge in [-0.2, -0.15) is 0 Å². The van der Waals surface area contributed by atoms with Crippen molar-refractivity contribution in [1.29, 1.82) is 0 Å². The number of benzene rings is 1. The maximum atomic E-state index is 5.52. The van der Waals surface area contributed by atoms with Crippen LogP contribution in [0.1, 0.15) is 18.5 Å². The molecule has 0 fully saturated rings. The van der Waals surface area contributed by atoms with Gasteiger partial charge in [0.1, 0.15) is 5.58 Å². The van der Waals surface area contributed by atoms with Crippen LogP contribution in [0.15, 0.2) is 33.4 Å². The van der Waals surface area contributed by atoms with E-state index in [1.54, 1.807) is 0 Å². The van der Waals surface area contributed by atoms with Gasteiger partial charge >= 0.3 is 0 Å². The molecular formula is C11H12BrNO. The Morgan fingerprint density at radius 2 is 2.21 bits per heavy atom. The highest BCUT2D eigenvalue weighted by molar-refractivity contribution is 9.10. The maximum absolute atomic E-state index is 5.52. The van der Waals surface area contributed by atoms with Crippen molar-refractivity contribution in [1.82, 2.24) is 5.32 Å². The van der Waals surface area contributed by atoms with Gasteiger partial charge in [-0.05, 0) is 36.0 Å². The monoisotopic (exact) mass is 253 g/mol. The van der Waals surface area contributed by atoms with Gasteiger partial charge in [0.25, 0.3) is 0 Å². The molecule has 1 aromatic heterocycles. The van der Waals surface area contributed by atoms with Gasteiger partial charge in [-0.1, -0.05) is 12.1 Å². The lowest BCUT2D eigenvalue weighted by molar-refractivity contribution is 0.587. The zero-order valence-electron chi connectivity index (χ0n) is 8.17. The molecule has 0 saturated heterocycles.